The molecule has 1 aromatic rings. The van der Waals surface area contributed by atoms with Gasteiger partial charge in [0.05, 0.1) is 20.8 Å². The van der Waals surface area contributed by atoms with Crippen LogP contribution in [0.25, 0.3) is 0 Å². The predicted octanol–water partition coefficient (Wildman–Crippen LogP) is 0.978. The number of benzene rings is 1. The van der Waals surface area contributed by atoms with Gasteiger partial charge in [0, 0.05) is 11.6 Å². The highest BCUT2D eigenvalue weighted by Gasteiger charge is 2.23. The molecule has 1 aromatic carbocycles. The average Bonchev–Trinajstić information content (AvgIpc) is 2.69. The van der Waals surface area contributed by atoms with Gasteiger partial charge < -0.3 is 14.3 Å². The van der Waals surface area contributed by atoms with Crippen LogP contribution >= 0.6 is 0 Å². The summed E-state index contributed by atoms with van der Waals surface area (Å²) in [6, 6.07) is 5.59. The third-order valence-electron chi connectivity index (χ3n) is 2.38. The van der Waals surface area contributed by atoms with Crippen LogP contribution < -0.4 is 9.57 Å². The number of hydroxylamine groups is 2. The standard InChI is InChI=1S/C11H13NO4/c1-14-9-4-3-8-6-12(7-11(13)15-2)16-10(8)5-9/h3-5H,6-7H2,1-2H3. The summed E-state index contributed by atoms with van der Waals surface area (Å²) in [5.41, 5.74) is 1.03. The van der Waals surface area contributed by atoms with Crippen molar-refractivity contribution in [2.45, 2.75) is 6.54 Å². The number of fused-ring (bicyclic) bond motifs is 1. The number of methoxy groups -OCH3 is 2. The molecule has 86 valence electrons. The first kappa shape index (κ1) is 10.8. The SMILES string of the molecule is COC(=O)CN1Cc2ccc(OC)cc2O1. The average molecular weight is 223 g/mol. The Morgan fingerprint density at radius 1 is 1.50 bits per heavy atom. The van der Waals surface area contributed by atoms with Crippen molar-refractivity contribution < 1.29 is 19.1 Å². The second kappa shape index (κ2) is 4.40. The summed E-state index contributed by atoms with van der Waals surface area (Å²) in [5.74, 6) is 1.14. The van der Waals surface area contributed by atoms with E-state index in [-0.39, 0.29) is 12.5 Å². The lowest BCUT2D eigenvalue weighted by Gasteiger charge is -2.12. The Morgan fingerprint density at radius 3 is 3.00 bits per heavy atom. The van der Waals surface area contributed by atoms with Crippen molar-refractivity contribution in [2.75, 3.05) is 20.8 Å². The van der Waals surface area contributed by atoms with E-state index in [1.54, 1.807) is 18.2 Å². The summed E-state index contributed by atoms with van der Waals surface area (Å²) in [6.07, 6.45) is 0. The summed E-state index contributed by atoms with van der Waals surface area (Å²) >= 11 is 0. The minimum Gasteiger partial charge on any atom is -0.497 e. The number of esters is 1. The first-order chi connectivity index (χ1) is 7.72. The molecule has 1 aliphatic rings. The van der Waals surface area contributed by atoms with Crippen LogP contribution in [-0.2, 0) is 16.1 Å². The molecule has 0 fully saturated rings. The molecule has 0 spiro atoms. The molecular formula is C11H13NO4. The van der Waals surface area contributed by atoms with Gasteiger partial charge in [-0.2, -0.15) is 0 Å². The van der Waals surface area contributed by atoms with Gasteiger partial charge in [0.1, 0.15) is 12.3 Å². The van der Waals surface area contributed by atoms with E-state index in [0.29, 0.717) is 6.54 Å². The fourth-order valence-electron chi connectivity index (χ4n) is 1.54. The van der Waals surface area contributed by atoms with Gasteiger partial charge >= 0.3 is 5.97 Å². The Labute approximate surface area is 93.5 Å². The number of hydrogen-bond donors (Lipinski definition) is 0. The van der Waals surface area contributed by atoms with E-state index in [4.69, 9.17) is 9.57 Å². The van der Waals surface area contributed by atoms with Gasteiger partial charge in [-0.3, -0.25) is 4.79 Å². The van der Waals surface area contributed by atoms with Crippen LogP contribution in [0.1, 0.15) is 5.56 Å². The lowest BCUT2D eigenvalue weighted by Crippen LogP contribution is -2.28. The van der Waals surface area contributed by atoms with Crippen molar-refractivity contribution in [3.8, 4) is 11.5 Å². The molecule has 5 nitrogen and oxygen atoms in total. The summed E-state index contributed by atoms with van der Waals surface area (Å²) in [7, 11) is 2.96. The lowest BCUT2D eigenvalue weighted by molar-refractivity contribution is -0.150. The molecular weight excluding hydrogens is 210 g/mol. The highest BCUT2D eigenvalue weighted by atomic mass is 16.7. The van der Waals surface area contributed by atoms with E-state index in [1.807, 2.05) is 12.1 Å². The number of carbonyl (C=O) groups is 1. The maximum atomic E-state index is 11.1. The van der Waals surface area contributed by atoms with Crippen LogP contribution in [0.5, 0.6) is 11.5 Å². The molecule has 0 N–H and O–H groups in total. The van der Waals surface area contributed by atoms with Crippen LogP contribution in [0.3, 0.4) is 0 Å². The molecule has 0 aromatic heterocycles. The zero-order valence-electron chi connectivity index (χ0n) is 9.23. The number of nitrogens with zero attached hydrogens (tertiary/aromatic N) is 1. The van der Waals surface area contributed by atoms with Crippen molar-refractivity contribution in [3.63, 3.8) is 0 Å². The van der Waals surface area contributed by atoms with Gasteiger partial charge in [0.25, 0.3) is 0 Å². The summed E-state index contributed by atoms with van der Waals surface area (Å²) in [5, 5.41) is 1.55. The van der Waals surface area contributed by atoms with Gasteiger partial charge in [-0.25, -0.2) is 0 Å². The van der Waals surface area contributed by atoms with Gasteiger partial charge in [0.15, 0.2) is 5.75 Å². The number of ether oxygens (including phenoxy) is 2. The normalized spacial score (nSPS) is 14.1. The van der Waals surface area contributed by atoms with Gasteiger partial charge in [-0.05, 0) is 6.07 Å². The highest BCUT2D eigenvalue weighted by molar-refractivity contribution is 5.71. The molecule has 5 heteroatoms. The molecule has 0 amide bonds. The Kier molecular flexibility index (Phi) is 2.96. The van der Waals surface area contributed by atoms with E-state index >= 15 is 0 Å². The predicted molar refractivity (Wildman–Crippen MR) is 56.0 cm³/mol. The largest absolute Gasteiger partial charge is 0.497 e. The first-order valence-electron chi connectivity index (χ1n) is 4.89. The molecule has 0 unspecified atom stereocenters. The minimum atomic E-state index is -0.320. The Morgan fingerprint density at radius 2 is 2.31 bits per heavy atom. The van der Waals surface area contributed by atoms with E-state index in [1.165, 1.54) is 7.11 Å². The van der Waals surface area contributed by atoms with Crippen molar-refractivity contribution in [3.05, 3.63) is 23.8 Å². The fraction of sp³-hybridized carbons (Fsp3) is 0.364. The van der Waals surface area contributed by atoms with Crippen LogP contribution in [0.2, 0.25) is 0 Å². The van der Waals surface area contributed by atoms with Crippen molar-refractivity contribution in [1.29, 1.82) is 0 Å². The molecule has 0 saturated heterocycles. The highest BCUT2D eigenvalue weighted by Crippen LogP contribution is 2.31. The smallest absolute Gasteiger partial charge is 0.323 e. The summed E-state index contributed by atoms with van der Waals surface area (Å²) in [4.78, 5) is 16.5. The van der Waals surface area contributed by atoms with E-state index in [0.717, 1.165) is 17.1 Å². The van der Waals surface area contributed by atoms with Gasteiger partial charge in [0.2, 0.25) is 0 Å². The first-order valence-corrected chi connectivity index (χ1v) is 4.89. The zero-order chi connectivity index (χ0) is 11.5. The van der Waals surface area contributed by atoms with Crippen molar-refractivity contribution in [1.82, 2.24) is 5.06 Å². The quantitative estimate of drug-likeness (QED) is 0.715. The molecule has 0 atom stereocenters. The number of hydrogen-bond acceptors (Lipinski definition) is 5. The Hall–Kier alpha value is -1.75. The third kappa shape index (κ3) is 2.09. The van der Waals surface area contributed by atoms with Crippen LogP contribution in [0, 0.1) is 0 Å². The molecule has 16 heavy (non-hydrogen) atoms. The third-order valence-corrected chi connectivity index (χ3v) is 2.38. The Bertz CT molecular complexity index is 405. The summed E-state index contributed by atoms with van der Waals surface area (Å²) < 4.78 is 9.66. The monoisotopic (exact) mass is 223 g/mol. The molecule has 0 bridgehead atoms. The van der Waals surface area contributed by atoms with E-state index in [9.17, 15) is 4.79 Å². The second-order valence-corrected chi connectivity index (χ2v) is 3.44. The van der Waals surface area contributed by atoms with Gasteiger partial charge in [-0.1, -0.05) is 6.07 Å². The lowest BCUT2D eigenvalue weighted by atomic mass is 10.2. The molecule has 1 heterocycles. The maximum Gasteiger partial charge on any atom is 0.323 e. The fourth-order valence-corrected chi connectivity index (χ4v) is 1.54. The molecule has 0 aliphatic carbocycles. The molecule has 0 radical (unpaired) electrons. The van der Waals surface area contributed by atoms with Crippen LogP contribution in [0.15, 0.2) is 18.2 Å². The van der Waals surface area contributed by atoms with Gasteiger partial charge in [-0.15, -0.1) is 5.06 Å². The Balaban J connectivity index is 2.06. The van der Waals surface area contributed by atoms with Crippen molar-refractivity contribution in [2.24, 2.45) is 0 Å². The maximum absolute atomic E-state index is 11.1. The molecule has 0 saturated carbocycles. The number of carbonyl (C=O) groups excluding carboxylic acids is 1. The molecule has 1 aliphatic heterocycles. The molecule has 2 rings (SSSR count). The zero-order valence-corrected chi connectivity index (χ0v) is 9.23. The van der Waals surface area contributed by atoms with Crippen molar-refractivity contribution >= 4 is 5.97 Å². The topological polar surface area (TPSA) is 48.0 Å². The summed E-state index contributed by atoms with van der Waals surface area (Å²) in [6.45, 7) is 0.696. The van der Waals surface area contributed by atoms with E-state index < -0.39 is 0 Å². The number of rotatable bonds is 3. The van der Waals surface area contributed by atoms with Crippen LogP contribution in [-0.4, -0.2) is 31.8 Å². The van der Waals surface area contributed by atoms with Crippen LogP contribution in [0.4, 0.5) is 0 Å². The second-order valence-electron chi connectivity index (χ2n) is 3.44. The van der Waals surface area contributed by atoms with E-state index in [2.05, 4.69) is 4.74 Å². The minimum absolute atomic E-state index is 0.119.